The number of nitrogens with two attached hydrogens (primary N) is 1. The summed E-state index contributed by atoms with van der Waals surface area (Å²) in [5, 5.41) is 10.2. The number of aliphatic hydroxyl groups is 1. The molecule has 0 fully saturated rings. The molecule has 0 heterocycles. The summed E-state index contributed by atoms with van der Waals surface area (Å²) in [6.07, 6.45) is 3.41. The van der Waals surface area contributed by atoms with Gasteiger partial charge in [-0.3, -0.25) is 4.79 Å². The Hall–Kier alpha value is -1.88. The van der Waals surface area contributed by atoms with Gasteiger partial charge in [-0.1, -0.05) is 12.1 Å². The van der Waals surface area contributed by atoms with Crippen LogP contribution >= 0.6 is 0 Å². The maximum absolute atomic E-state index is 13.5. The van der Waals surface area contributed by atoms with Gasteiger partial charge in [0.15, 0.2) is 0 Å². The number of carbonyl (C=O) groups is 1. The predicted molar refractivity (Wildman–Crippen MR) is 66.1 cm³/mol. The van der Waals surface area contributed by atoms with Crippen molar-refractivity contribution < 1.29 is 14.3 Å². The molecule has 0 aliphatic heterocycles. The lowest BCUT2D eigenvalue weighted by Gasteiger charge is -2.24. The number of para-hydroxylation sites is 1. The number of hydrogen-bond donors (Lipinski definition) is 2. The topological polar surface area (TPSA) is 66.6 Å². The Morgan fingerprint density at radius 2 is 2.17 bits per heavy atom. The normalized spacial score (nSPS) is 19.2. The molecule has 1 aliphatic rings. The van der Waals surface area contributed by atoms with E-state index in [1.165, 1.54) is 24.3 Å². The smallest absolute Gasteiger partial charge is 0.248 e. The van der Waals surface area contributed by atoms with Crippen LogP contribution in [0.2, 0.25) is 0 Å². The van der Waals surface area contributed by atoms with E-state index >= 15 is 0 Å². The zero-order chi connectivity index (χ0) is 13.1. The van der Waals surface area contributed by atoms with Crippen molar-refractivity contribution in [1.82, 2.24) is 0 Å². The first-order valence-corrected chi connectivity index (χ1v) is 5.82. The van der Waals surface area contributed by atoms with Crippen LogP contribution in [-0.2, 0) is 4.79 Å². The number of anilines is 1. The monoisotopic (exact) mass is 250 g/mol. The second-order valence-electron chi connectivity index (χ2n) is 4.32. The summed E-state index contributed by atoms with van der Waals surface area (Å²) in [6.45, 7) is 0. The number of hydrazine groups is 1. The van der Waals surface area contributed by atoms with Crippen LogP contribution < -0.4 is 10.9 Å². The highest BCUT2D eigenvalue weighted by Gasteiger charge is 2.25. The van der Waals surface area contributed by atoms with Gasteiger partial charge in [0.25, 0.3) is 0 Å². The number of aliphatic hydroxyl groups excluding tert-OH is 1. The summed E-state index contributed by atoms with van der Waals surface area (Å²) in [5.41, 5.74) is 0.0426. The van der Waals surface area contributed by atoms with E-state index in [0.717, 1.165) is 11.4 Å². The van der Waals surface area contributed by atoms with E-state index in [1.54, 1.807) is 6.07 Å². The molecule has 1 aromatic rings. The molecule has 1 unspecified atom stereocenters. The molecule has 1 aromatic carbocycles. The zero-order valence-corrected chi connectivity index (χ0v) is 9.84. The van der Waals surface area contributed by atoms with E-state index in [1.807, 2.05) is 0 Å². The quantitative estimate of drug-likeness (QED) is 0.480. The van der Waals surface area contributed by atoms with Gasteiger partial charge in [0.2, 0.25) is 5.91 Å². The molecule has 0 spiro atoms. The Balaban J connectivity index is 2.19. The van der Waals surface area contributed by atoms with Crippen LogP contribution in [0.5, 0.6) is 0 Å². The Morgan fingerprint density at radius 1 is 1.44 bits per heavy atom. The van der Waals surface area contributed by atoms with Gasteiger partial charge in [-0.2, -0.15) is 0 Å². The number of hydrogen-bond acceptors (Lipinski definition) is 3. The molecule has 1 aliphatic carbocycles. The lowest BCUT2D eigenvalue weighted by molar-refractivity contribution is -0.121. The third-order valence-corrected chi connectivity index (χ3v) is 3.01. The summed E-state index contributed by atoms with van der Waals surface area (Å²) in [4.78, 5) is 12.1. The van der Waals surface area contributed by atoms with Crippen molar-refractivity contribution in [2.75, 3.05) is 5.01 Å². The maximum Gasteiger partial charge on any atom is 0.248 e. The van der Waals surface area contributed by atoms with Crippen molar-refractivity contribution in [3.8, 4) is 0 Å². The van der Waals surface area contributed by atoms with Gasteiger partial charge in [0, 0.05) is 6.42 Å². The minimum Gasteiger partial charge on any atom is -0.513 e. The molecule has 0 saturated carbocycles. The van der Waals surface area contributed by atoms with E-state index in [4.69, 9.17) is 5.84 Å². The molecule has 4 nitrogen and oxygen atoms in total. The van der Waals surface area contributed by atoms with E-state index in [9.17, 15) is 14.3 Å². The molecular weight excluding hydrogens is 235 g/mol. The van der Waals surface area contributed by atoms with Gasteiger partial charge < -0.3 is 5.11 Å². The highest BCUT2D eigenvalue weighted by Crippen LogP contribution is 2.25. The molecule has 3 N–H and O–H groups in total. The van der Waals surface area contributed by atoms with Gasteiger partial charge in [0.05, 0.1) is 17.4 Å². The van der Waals surface area contributed by atoms with Crippen molar-refractivity contribution in [1.29, 1.82) is 0 Å². The van der Waals surface area contributed by atoms with Gasteiger partial charge in [-0.05, 0) is 31.1 Å². The molecule has 96 valence electrons. The van der Waals surface area contributed by atoms with Crippen LogP contribution in [-0.4, -0.2) is 11.0 Å². The minimum atomic E-state index is -0.544. The summed E-state index contributed by atoms with van der Waals surface area (Å²) in [7, 11) is 0. The van der Waals surface area contributed by atoms with Gasteiger partial charge in [-0.25, -0.2) is 15.2 Å². The molecule has 0 saturated heterocycles. The number of nitrogens with zero attached hydrogens (tertiary/aromatic N) is 1. The van der Waals surface area contributed by atoms with Crippen LogP contribution in [0.25, 0.3) is 0 Å². The Labute approximate surface area is 104 Å². The summed E-state index contributed by atoms with van der Waals surface area (Å²) < 4.78 is 13.5. The average Bonchev–Trinajstić information content (AvgIpc) is 2.37. The van der Waals surface area contributed by atoms with Crippen molar-refractivity contribution in [3.63, 3.8) is 0 Å². The van der Waals surface area contributed by atoms with Crippen molar-refractivity contribution >= 4 is 11.6 Å². The maximum atomic E-state index is 13.5. The third kappa shape index (κ3) is 2.51. The lowest BCUT2D eigenvalue weighted by Crippen LogP contribution is -2.42. The average molecular weight is 250 g/mol. The van der Waals surface area contributed by atoms with Crippen LogP contribution in [0.15, 0.2) is 36.1 Å². The number of carbonyl (C=O) groups excluding carboxylic acids is 1. The molecule has 0 radical (unpaired) electrons. The molecule has 0 aromatic heterocycles. The van der Waals surface area contributed by atoms with Gasteiger partial charge in [0.1, 0.15) is 5.82 Å². The van der Waals surface area contributed by atoms with Crippen LogP contribution in [0.4, 0.5) is 10.1 Å². The summed E-state index contributed by atoms with van der Waals surface area (Å²) >= 11 is 0. The number of halogens is 1. The second kappa shape index (κ2) is 5.18. The first kappa shape index (κ1) is 12.6. The van der Waals surface area contributed by atoms with Crippen LogP contribution in [0.1, 0.15) is 19.3 Å². The minimum absolute atomic E-state index is 0.0426. The summed E-state index contributed by atoms with van der Waals surface area (Å²) in [5.74, 6) is 4.41. The molecule has 18 heavy (non-hydrogen) atoms. The van der Waals surface area contributed by atoms with Crippen LogP contribution in [0.3, 0.4) is 0 Å². The molecule has 5 heteroatoms. The SMILES string of the molecule is NN(C(=O)C1C=C(O)CCC1)c1ccccc1F. The number of amides is 1. The van der Waals surface area contributed by atoms with E-state index in [2.05, 4.69) is 0 Å². The Bertz CT molecular complexity index is 488. The molecular formula is C13H15FN2O2. The Kier molecular flexibility index (Phi) is 3.62. The first-order valence-electron chi connectivity index (χ1n) is 5.82. The fourth-order valence-corrected chi connectivity index (χ4v) is 2.04. The first-order chi connectivity index (χ1) is 8.59. The Morgan fingerprint density at radius 3 is 2.83 bits per heavy atom. The predicted octanol–water partition coefficient (Wildman–Crippen LogP) is 2.27. The van der Waals surface area contributed by atoms with Crippen molar-refractivity contribution in [3.05, 3.63) is 41.9 Å². The van der Waals surface area contributed by atoms with E-state index in [0.29, 0.717) is 12.8 Å². The largest absolute Gasteiger partial charge is 0.513 e. The fourth-order valence-electron chi connectivity index (χ4n) is 2.04. The molecule has 0 bridgehead atoms. The molecule has 1 amide bonds. The standard InChI is InChI=1S/C13H15FN2O2/c14-11-6-1-2-7-12(11)16(15)13(18)9-4-3-5-10(17)8-9/h1-2,6-9,17H,3-5,15H2. The lowest BCUT2D eigenvalue weighted by atomic mass is 9.93. The van der Waals surface area contributed by atoms with Crippen LogP contribution in [0, 0.1) is 11.7 Å². The number of allylic oxidation sites excluding steroid dienone is 1. The van der Waals surface area contributed by atoms with Gasteiger partial charge in [-0.15, -0.1) is 0 Å². The summed E-state index contributed by atoms with van der Waals surface area (Å²) in [6, 6.07) is 5.83. The highest BCUT2D eigenvalue weighted by molar-refractivity contribution is 5.95. The fraction of sp³-hybridized carbons (Fsp3) is 0.308. The van der Waals surface area contributed by atoms with Crippen molar-refractivity contribution in [2.45, 2.75) is 19.3 Å². The van der Waals surface area contributed by atoms with E-state index < -0.39 is 17.6 Å². The number of benzene rings is 1. The second-order valence-corrected chi connectivity index (χ2v) is 4.32. The third-order valence-electron chi connectivity index (χ3n) is 3.01. The van der Waals surface area contributed by atoms with Crippen molar-refractivity contribution in [2.24, 2.45) is 11.8 Å². The molecule has 1 atom stereocenters. The molecule has 2 rings (SSSR count). The van der Waals surface area contributed by atoms with E-state index in [-0.39, 0.29) is 11.4 Å². The zero-order valence-electron chi connectivity index (χ0n) is 9.84. The van der Waals surface area contributed by atoms with Gasteiger partial charge >= 0.3 is 0 Å². The highest BCUT2D eigenvalue weighted by atomic mass is 19.1. The number of rotatable bonds is 2.